The first-order chi connectivity index (χ1) is 9.59. The van der Waals surface area contributed by atoms with E-state index in [1.54, 1.807) is 0 Å². The topological polar surface area (TPSA) is 54.6 Å². The molecule has 0 spiro atoms. The maximum Gasteiger partial charge on any atom is 0.216 e. The third-order valence-corrected chi connectivity index (χ3v) is 3.42. The number of ether oxygens (including phenoxy) is 2. The maximum atomic E-state index is 9.11. The van der Waals surface area contributed by atoms with Crippen LogP contribution >= 0.6 is 0 Å². The lowest BCUT2D eigenvalue weighted by atomic mass is 10.0. The highest BCUT2D eigenvalue weighted by molar-refractivity contribution is 5.96. The lowest BCUT2D eigenvalue weighted by molar-refractivity contribution is 0.213. The van der Waals surface area contributed by atoms with E-state index in [1.807, 2.05) is 38.1 Å². The summed E-state index contributed by atoms with van der Waals surface area (Å²) in [6, 6.07) is 10.2. The zero-order valence-corrected chi connectivity index (χ0v) is 11.6. The van der Waals surface area contributed by atoms with Crippen LogP contribution in [-0.2, 0) is 9.47 Å². The van der Waals surface area contributed by atoms with Gasteiger partial charge in [-0.2, -0.15) is 5.26 Å². The monoisotopic (exact) mass is 268 g/mol. The van der Waals surface area contributed by atoms with Crippen molar-refractivity contribution < 1.29 is 9.47 Å². The van der Waals surface area contributed by atoms with E-state index >= 15 is 0 Å². The molecule has 0 saturated carbocycles. The zero-order chi connectivity index (χ0) is 14.2. The first-order valence-electron chi connectivity index (χ1n) is 6.62. The van der Waals surface area contributed by atoms with Crippen LogP contribution in [0.5, 0.6) is 0 Å². The summed E-state index contributed by atoms with van der Waals surface area (Å²) in [4.78, 5) is 4.58. The van der Waals surface area contributed by atoms with Gasteiger partial charge in [0, 0.05) is 11.1 Å². The Balaban J connectivity index is 1.98. The molecule has 102 valence electrons. The molecule has 0 fully saturated rings. The Kier molecular flexibility index (Phi) is 3.07. The Hall–Kier alpha value is -2.12. The summed E-state index contributed by atoms with van der Waals surface area (Å²) < 4.78 is 11.0. The summed E-state index contributed by atoms with van der Waals surface area (Å²) in [6.07, 6.45) is 0. The molecule has 0 aromatic heterocycles. The van der Waals surface area contributed by atoms with E-state index in [-0.39, 0.29) is 5.54 Å². The van der Waals surface area contributed by atoms with E-state index in [1.165, 1.54) is 0 Å². The quantitative estimate of drug-likeness (QED) is 0.828. The van der Waals surface area contributed by atoms with Crippen LogP contribution in [0.1, 0.15) is 25.0 Å². The van der Waals surface area contributed by atoms with E-state index in [4.69, 9.17) is 14.7 Å². The van der Waals surface area contributed by atoms with Crippen molar-refractivity contribution in [2.75, 3.05) is 19.8 Å². The van der Waals surface area contributed by atoms with Crippen LogP contribution in [0.2, 0.25) is 0 Å². The van der Waals surface area contributed by atoms with E-state index in [0.29, 0.717) is 31.3 Å². The van der Waals surface area contributed by atoms with Crippen molar-refractivity contribution in [3.05, 3.63) is 41.0 Å². The normalized spacial score (nSPS) is 20.6. The van der Waals surface area contributed by atoms with Gasteiger partial charge in [0.1, 0.15) is 6.61 Å². The molecule has 0 saturated heterocycles. The van der Waals surface area contributed by atoms with Gasteiger partial charge in [-0.1, -0.05) is 12.1 Å². The average molecular weight is 268 g/mol. The smallest absolute Gasteiger partial charge is 0.216 e. The minimum atomic E-state index is -0.168. The van der Waals surface area contributed by atoms with Gasteiger partial charge in [-0.25, -0.2) is 4.99 Å². The van der Waals surface area contributed by atoms with E-state index in [2.05, 4.69) is 11.1 Å². The fourth-order valence-corrected chi connectivity index (χ4v) is 2.36. The second-order valence-corrected chi connectivity index (χ2v) is 5.66. The van der Waals surface area contributed by atoms with Gasteiger partial charge in [-0.15, -0.1) is 0 Å². The molecule has 1 aromatic carbocycles. The van der Waals surface area contributed by atoms with Crippen LogP contribution in [0, 0.1) is 11.3 Å². The van der Waals surface area contributed by atoms with Gasteiger partial charge in [0.2, 0.25) is 5.90 Å². The van der Waals surface area contributed by atoms with Crippen LogP contribution in [0.25, 0.3) is 5.57 Å². The van der Waals surface area contributed by atoms with Crippen molar-refractivity contribution in [3.8, 4) is 6.07 Å². The fraction of sp³-hybridized carbons (Fsp3) is 0.375. The maximum absolute atomic E-state index is 9.11. The predicted octanol–water partition coefficient (Wildman–Crippen LogP) is 2.55. The minimum absolute atomic E-state index is 0.168. The van der Waals surface area contributed by atoms with E-state index in [9.17, 15) is 0 Å². The molecule has 0 radical (unpaired) electrons. The Labute approximate surface area is 118 Å². The Morgan fingerprint density at radius 2 is 2.05 bits per heavy atom. The Morgan fingerprint density at radius 3 is 2.75 bits per heavy atom. The molecular weight excluding hydrogens is 252 g/mol. The summed E-state index contributed by atoms with van der Waals surface area (Å²) in [5.41, 5.74) is 3.46. The van der Waals surface area contributed by atoms with E-state index < -0.39 is 0 Å². The zero-order valence-electron chi connectivity index (χ0n) is 11.6. The SMILES string of the molecule is CC1(C)COC(c2cccc(C3=C(C#N)COC3)c2)=N1. The second kappa shape index (κ2) is 4.77. The van der Waals surface area contributed by atoms with Crippen LogP contribution in [0.3, 0.4) is 0 Å². The molecule has 20 heavy (non-hydrogen) atoms. The van der Waals surface area contributed by atoms with Gasteiger partial charge < -0.3 is 9.47 Å². The third kappa shape index (κ3) is 2.33. The molecule has 0 bridgehead atoms. The minimum Gasteiger partial charge on any atom is -0.475 e. The first-order valence-corrected chi connectivity index (χ1v) is 6.62. The molecule has 1 aromatic rings. The summed E-state index contributed by atoms with van der Waals surface area (Å²) in [6.45, 7) is 5.59. The highest BCUT2D eigenvalue weighted by Crippen LogP contribution is 2.27. The lowest BCUT2D eigenvalue weighted by Gasteiger charge is -2.07. The summed E-state index contributed by atoms with van der Waals surface area (Å²) in [5, 5.41) is 9.11. The van der Waals surface area contributed by atoms with Gasteiger partial charge in [0.25, 0.3) is 0 Å². The predicted molar refractivity (Wildman–Crippen MR) is 76.4 cm³/mol. The average Bonchev–Trinajstić information content (AvgIpc) is 3.04. The van der Waals surface area contributed by atoms with Crippen LogP contribution < -0.4 is 0 Å². The highest BCUT2D eigenvalue weighted by atomic mass is 16.5. The Morgan fingerprint density at radius 1 is 1.25 bits per heavy atom. The van der Waals surface area contributed by atoms with Crippen molar-refractivity contribution in [1.82, 2.24) is 0 Å². The van der Waals surface area contributed by atoms with Gasteiger partial charge in [0.15, 0.2) is 0 Å². The van der Waals surface area contributed by atoms with Crippen LogP contribution in [0.4, 0.5) is 0 Å². The number of benzene rings is 1. The molecule has 4 heteroatoms. The van der Waals surface area contributed by atoms with Gasteiger partial charge in [0.05, 0.1) is 30.4 Å². The number of aliphatic imine (C=N–C) groups is 1. The standard InChI is InChI=1S/C16H16N2O2/c1-16(2)10-20-15(18-16)12-5-3-4-11(6-12)14-9-19-8-13(14)7-17/h3-6H,8-10H2,1-2H3. The summed E-state index contributed by atoms with van der Waals surface area (Å²) in [5.74, 6) is 0.676. The van der Waals surface area contributed by atoms with Crippen molar-refractivity contribution in [2.45, 2.75) is 19.4 Å². The second-order valence-electron chi connectivity index (χ2n) is 5.66. The molecule has 0 atom stereocenters. The van der Waals surface area contributed by atoms with Gasteiger partial charge >= 0.3 is 0 Å². The third-order valence-electron chi connectivity index (χ3n) is 3.42. The van der Waals surface area contributed by atoms with Crippen LogP contribution in [-0.4, -0.2) is 31.3 Å². The molecule has 0 N–H and O–H groups in total. The summed E-state index contributed by atoms with van der Waals surface area (Å²) in [7, 11) is 0. The molecule has 2 aliphatic rings. The highest BCUT2D eigenvalue weighted by Gasteiger charge is 2.27. The molecule has 0 aliphatic carbocycles. The summed E-state index contributed by atoms with van der Waals surface area (Å²) >= 11 is 0. The van der Waals surface area contributed by atoms with Crippen LogP contribution in [0.15, 0.2) is 34.8 Å². The van der Waals surface area contributed by atoms with Gasteiger partial charge in [-0.3, -0.25) is 0 Å². The Bertz CT molecular complexity index is 651. The molecule has 2 aliphatic heterocycles. The molecule has 3 rings (SSSR count). The number of hydrogen-bond donors (Lipinski definition) is 0. The molecule has 0 amide bonds. The molecule has 4 nitrogen and oxygen atoms in total. The molecular formula is C16H16N2O2. The van der Waals surface area contributed by atoms with Gasteiger partial charge in [-0.05, 0) is 31.5 Å². The number of nitriles is 1. The number of nitrogens with zero attached hydrogens (tertiary/aromatic N) is 2. The largest absolute Gasteiger partial charge is 0.475 e. The molecule has 0 unspecified atom stereocenters. The lowest BCUT2D eigenvalue weighted by Crippen LogP contribution is -2.17. The van der Waals surface area contributed by atoms with Crippen molar-refractivity contribution >= 4 is 11.5 Å². The number of hydrogen-bond acceptors (Lipinski definition) is 4. The van der Waals surface area contributed by atoms with E-state index in [0.717, 1.165) is 16.7 Å². The number of rotatable bonds is 2. The van der Waals surface area contributed by atoms with Crippen molar-refractivity contribution in [3.63, 3.8) is 0 Å². The van der Waals surface area contributed by atoms with Crippen molar-refractivity contribution in [2.24, 2.45) is 4.99 Å². The van der Waals surface area contributed by atoms with Crippen molar-refractivity contribution in [1.29, 1.82) is 5.26 Å². The first kappa shape index (κ1) is 12.9. The molecule has 2 heterocycles. The fourth-order valence-electron chi connectivity index (χ4n) is 2.36.